The quantitative estimate of drug-likeness (QED) is 0.848. The summed E-state index contributed by atoms with van der Waals surface area (Å²) in [6, 6.07) is 15.5. The van der Waals surface area contributed by atoms with Gasteiger partial charge in [0, 0.05) is 11.8 Å². The van der Waals surface area contributed by atoms with Crippen LogP contribution in [0, 0.1) is 0 Å². The van der Waals surface area contributed by atoms with Crippen LogP contribution in [0.3, 0.4) is 0 Å². The van der Waals surface area contributed by atoms with Crippen LogP contribution in [-0.2, 0) is 4.79 Å². The van der Waals surface area contributed by atoms with Crippen molar-refractivity contribution in [2.75, 3.05) is 23.7 Å². The number of fused-ring (bicyclic) bond motifs is 1. The molecule has 0 bridgehead atoms. The predicted molar refractivity (Wildman–Crippen MR) is 96.2 cm³/mol. The van der Waals surface area contributed by atoms with E-state index in [-0.39, 0.29) is 18.1 Å². The molecule has 0 aliphatic carbocycles. The van der Waals surface area contributed by atoms with Gasteiger partial charge in [0.15, 0.2) is 0 Å². The van der Waals surface area contributed by atoms with Gasteiger partial charge in [-0.2, -0.15) is 0 Å². The molecule has 3 rings (SSSR count). The SMILES string of the molecule is CC1CN(CC(=O)NC(C)c2ccccc2)c2ccc(N)cc2O1. The Hall–Kier alpha value is -2.69. The number of anilines is 2. The van der Waals surface area contributed by atoms with Crippen molar-refractivity contribution >= 4 is 17.3 Å². The summed E-state index contributed by atoms with van der Waals surface area (Å²) in [5, 5.41) is 3.05. The molecule has 2 aromatic rings. The molecule has 0 fully saturated rings. The number of hydrogen-bond donors (Lipinski definition) is 2. The van der Waals surface area contributed by atoms with Crippen molar-refractivity contribution in [2.45, 2.75) is 26.0 Å². The van der Waals surface area contributed by atoms with E-state index in [1.807, 2.05) is 67.3 Å². The second-order valence-corrected chi connectivity index (χ2v) is 6.24. The van der Waals surface area contributed by atoms with E-state index in [0.717, 1.165) is 17.0 Å². The van der Waals surface area contributed by atoms with Crippen LogP contribution < -0.4 is 20.7 Å². The average Bonchev–Trinajstić information content (AvgIpc) is 2.54. The molecule has 126 valence electrons. The fourth-order valence-electron chi connectivity index (χ4n) is 2.98. The van der Waals surface area contributed by atoms with E-state index in [9.17, 15) is 4.79 Å². The van der Waals surface area contributed by atoms with Gasteiger partial charge in [0.25, 0.3) is 0 Å². The summed E-state index contributed by atoms with van der Waals surface area (Å²) in [7, 11) is 0. The second kappa shape index (κ2) is 6.83. The Morgan fingerprint density at radius 2 is 2.08 bits per heavy atom. The Labute approximate surface area is 142 Å². The number of nitrogen functional groups attached to an aromatic ring is 1. The summed E-state index contributed by atoms with van der Waals surface area (Å²) < 4.78 is 5.82. The number of benzene rings is 2. The summed E-state index contributed by atoms with van der Waals surface area (Å²) in [6.45, 7) is 4.94. The Kier molecular flexibility index (Phi) is 4.60. The van der Waals surface area contributed by atoms with Crippen LogP contribution in [0.1, 0.15) is 25.5 Å². The maximum absolute atomic E-state index is 12.5. The first-order valence-electron chi connectivity index (χ1n) is 8.18. The first-order chi connectivity index (χ1) is 11.5. The zero-order valence-corrected chi connectivity index (χ0v) is 14.0. The third kappa shape index (κ3) is 3.62. The van der Waals surface area contributed by atoms with Crippen molar-refractivity contribution in [1.29, 1.82) is 0 Å². The number of carbonyl (C=O) groups is 1. The fourth-order valence-corrected chi connectivity index (χ4v) is 2.98. The van der Waals surface area contributed by atoms with Gasteiger partial charge in [-0.05, 0) is 31.5 Å². The zero-order valence-electron chi connectivity index (χ0n) is 14.0. The minimum absolute atomic E-state index is 0.0109. The Morgan fingerprint density at radius 1 is 1.33 bits per heavy atom. The van der Waals surface area contributed by atoms with Gasteiger partial charge in [-0.3, -0.25) is 4.79 Å². The van der Waals surface area contributed by atoms with Crippen molar-refractivity contribution < 1.29 is 9.53 Å². The predicted octanol–water partition coefficient (Wildman–Crippen LogP) is 2.73. The van der Waals surface area contributed by atoms with E-state index in [1.165, 1.54) is 0 Å². The molecule has 2 unspecified atom stereocenters. The number of nitrogens with two attached hydrogens (primary N) is 1. The van der Waals surface area contributed by atoms with Crippen LogP contribution in [0.2, 0.25) is 0 Å². The Bertz CT molecular complexity index is 718. The van der Waals surface area contributed by atoms with Gasteiger partial charge in [0.05, 0.1) is 24.8 Å². The van der Waals surface area contributed by atoms with Crippen LogP contribution in [0.15, 0.2) is 48.5 Å². The largest absolute Gasteiger partial charge is 0.487 e. The van der Waals surface area contributed by atoms with Crippen molar-refractivity contribution in [3.8, 4) is 5.75 Å². The van der Waals surface area contributed by atoms with Gasteiger partial charge in [0.1, 0.15) is 11.9 Å². The molecule has 0 saturated carbocycles. The van der Waals surface area contributed by atoms with Gasteiger partial charge in [-0.15, -0.1) is 0 Å². The Balaban J connectivity index is 1.69. The number of carbonyl (C=O) groups excluding carboxylic acids is 1. The number of nitrogens with zero attached hydrogens (tertiary/aromatic N) is 1. The van der Waals surface area contributed by atoms with Gasteiger partial charge < -0.3 is 20.7 Å². The summed E-state index contributed by atoms with van der Waals surface area (Å²) in [6.07, 6.45) is 0.0126. The first kappa shape index (κ1) is 16.2. The molecule has 1 heterocycles. The smallest absolute Gasteiger partial charge is 0.239 e. The third-order valence-electron chi connectivity index (χ3n) is 4.14. The average molecular weight is 325 g/mol. The van der Waals surface area contributed by atoms with Crippen molar-refractivity contribution in [3.05, 3.63) is 54.1 Å². The van der Waals surface area contributed by atoms with Gasteiger partial charge in [-0.25, -0.2) is 0 Å². The number of amides is 1. The maximum atomic E-state index is 12.5. The van der Waals surface area contributed by atoms with Crippen molar-refractivity contribution in [3.63, 3.8) is 0 Å². The van der Waals surface area contributed by atoms with Gasteiger partial charge in [0.2, 0.25) is 5.91 Å². The lowest BCUT2D eigenvalue weighted by molar-refractivity contribution is -0.120. The molecule has 5 nitrogen and oxygen atoms in total. The molecule has 2 atom stereocenters. The molecule has 0 radical (unpaired) electrons. The topological polar surface area (TPSA) is 67.6 Å². The molecule has 0 saturated heterocycles. The Morgan fingerprint density at radius 3 is 2.83 bits per heavy atom. The number of hydrogen-bond acceptors (Lipinski definition) is 4. The van der Waals surface area contributed by atoms with Gasteiger partial charge >= 0.3 is 0 Å². The van der Waals surface area contributed by atoms with Crippen LogP contribution in [0.5, 0.6) is 5.75 Å². The standard InChI is InChI=1S/C19H23N3O2/c1-13-11-22(17-9-8-16(20)10-18(17)24-13)12-19(23)21-14(2)15-6-4-3-5-7-15/h3-10,13-14H,11-12,20H2,1-2H3,(H,21,23). The molecule has 2 aromatic carbocycles. The molecule has 5 heteroatoms. The first-order valence-corrected chi connectivity index (χ1v) is 8.18. The maximum Gasteiger partial charge on any atom is 0.239 e. The van der Waals surface area contributed by atoms with Crippen LogP contribution in [0.25, 0.3) is 0 Å². The molecule has 0 aromatic heterocycles. The molecule has 1 aliphatic rings. The lowest BCUT2D eigenvalue weighted by Gasteiger charge is -2.34. The van der Waals surface area contributed by atoms with Crippen LogP contribution in [0.4, 0.5) is 11.4 Å². The van der Waals surface area contributed by atoms with E-state index < -0.39 is 0 Å². The molecule has 0 spiro atoms. The summed E-state index contributed by atoms with van der Waals surface area (Å²) in [5.41, 5.74) is 8.48. The minimum Gasteiger partial charge on any atom is -0.487 e. The number of rotatable bonds is 4. The molecule has 24 heavy (non-hydrogen) atoms. The van der Waals surface area contributed by atoms with Gasteiger partial charge in [-0.1, -0.05) is 30.3 Å². The number of ether oxygens (including phenoxy) is 1. The van der Waals surface area contributed by atoms with Crippen molar-refractivity contribution in [2.24, 2.45) is 0 Å². The second-order valence-electron chi connectivity index (χ2n) is 6.24. The van der Waals surface area contributed by atoms with E-state index in [4.69, 9.17) is 10.5 Å². The van der Waals surface area contributed by atoms with E-state index >= 15 is 0 Å². The van der Waals surface area contributed by atoms with E-state index in [0.29, 0.717) is 18.8 Å². The highest BCUT2D eigenvalue weighted by Crippen LogP contribution is 2.34. The van der Waals surface area contributed by atoms with E-state index in [1.54, 1.807) is 0 Å². The highest BCUT2D eigenvalue weighted by atomic mass is 16.5. The summed E-state index contributed by atoms with van der Waals surface area (Å²) in [5.74, 6) is 0.723. The highest BCUT2D eigenvalue weighted by Gasteiger charge is 2.25. The summed E-state index contributed by atoms with van der Waals surface area (Å²) in [4.78, 5) is 14.5. The van der Waals surface area contributed by atoms with E-state index in [2.05, 4.69) is 5.32 Å². The lowest BCUT2D eigenvalue weighted by atomic mass is 10.1. The van der Waals surface area contributed by atoms with Crippen LogP contribution >= 0.6 is 0 Å². The normalized spacial score (nSPS) is 17.6. The zero-order chi connectivity index (χ0) is 17.1. The molecule has 1 aliphatic heterocycles. The molecular formula is C19H23N3O2. The van der Waals surface area contributed by atoms with Crippen LogP contribution in [-0.4, -0.2) is 25.1 Å². The lowest BCUT2D eigenvalue weighted by Crippen LogP contribution is -2.44. The number of nitrogens with one attached hydrogen (secondary N) is 1. The molecule has 3 N–H and O–H groups in total. The fraction of sp³-hybridized carbons (Fsp3) is 0.316. The van der Waals surface area contributed by atoms with Crippen molar-refractivity contribution in [1.82, 2.24) is 5.32 Å². The summed E-state index contributed by atoms with van der Waals surface area (Å²) >= 11 is 0. The monoisotopic (exact) mass is 325 g/mol. The minimum atomic E-state index is -0.0250. The molecular weight excluding hydrogens is 302 g/mol. The third-order valence-corrected chi connectivity index (χ3v) is 4.14. The highest BCUT2D eigenvalue weighted by molar-refractivity contribution is 5.83. The molecule has 1 amide bonds.